The van der Waals surface area contributed by atoms with Crippen molar-refractivity contribution < 1.29 is 9.53 Å². The second-order valence-electron chi connectivity index (χ2n) is 11.3. The number of unbranched alkanes of at least 4 members (excludes halogenated alkanes) is 20. The Labute approximate surface area is 222 Å². The minimum Gasteiger partial charge on any atom is -0.466 e. The normalized spacial score (nSPS) is 12.2. The number of hydrogen-bond acceptors (Lipinski definition) is 2. The van der Waals surface area contributed by atoms with Crippen LogP contribution < -0.4 is 0 Å². The molecule has 0 amide bonds. The third-order valence-electron chi connectivity index (χ3n) is 7.71. The minimum absolute atomic E-state index is 0.0392. The molecule has 35 heavy (non-hydrogen) atoms. The Morgan fingerprint density at radius 2 is 0.800 bits per heavy atom. The number of carbonyl (C=O) groups excluding carboxylic acids is 1. The largest absolute Gasteiger partial charge is 0.466 e. The van der Waals surface area contributed by atoms with E-state index < -0.39 is 0 Å². The van der Waals surface area contributed by atoms with E-state index in [0.717, 1.165) is 18.8 Å². The molecule has 0 rings (SSSR count). The molecule has 0 aliphatic carbocycles. The summed E-state index contributed by atoms with van der Waals surface area (Å²) in [6.45, 7) is 7.50. The topological polar surface area (TPSA) is 26.3 Å². The van der Waals surface area contributed by atoms with Crippen LogP contribution in [0.3, 0.4) is 0 Å². The molecule has 0 aromatic heterocycles. The minimum atomic E-state index is 0.0392. The molecule has 1 atom stereocenters. The second kappa shape index (κ2) is 29.7. The molecule has 210 valence electrons. The van der Waals surface area contributed by atoms with Gasteiger partial charge in [0.05, 0.1) is 6.61 Å². The second-order valence-corrected chi connectivity index (χ2v) is 11.3. The van der Waals surface area contributed by atoms with E-state index in [0.29, 0.717) is 13.0 Å². The smallest absolute Gasteiger partial charge is 0.305 e. The Balaban J connectivity index is 3.68. The van der Waals surface area contributed by atoms with Crippen LogP contribution in [-0.4, -0.2) is 12.6 Å². The van der Waals surface area contributed by atoms with Gasteiger partial charge in [-0.25, -0.2) is 0 Å². The van der Waals surface area contributed by atoms with Crippen LogP contribution in [0.5, 0.6) is 0 Å². The van der Waals surface area contributed by atoms with Crippen molar-refractivity contribution in [2.24, 2.45) is 5.92 Å². The fourth-order valence-electron chi connectivity index (χ4n) is 5.20. The molecule has 0 aromatic carbocycles. The zero-order valence-corrected chi connectivity index (χ0v) is 24.7. The summed E-state index contributed by atoms with van der Waals surface area (Å²) in [6.07, 6.45) is 35.4. The lowest BCUT2D eigenvalue weighted by Crippen LogP contribution is -2.10. The lowest BCUT2D eigenvalue weighted by molar-refractivity contribution is -0.144. The predicted octanol–water partition coefficient (Wildman–Crippen LogP) is 11.7. The summed E-state index contributed by atoms with van der Waals surface area (Å²) in [6, 6.07) is 0. The van der Waals surface area contributed by atoms with Crippen LogP contribution in [0.4, 0.5) is 0 Å². The Hall–Kier alpha value is -0.530. The molecular weight excluding hydrogens is 428 g/mol. The average Bonchev–Trinajstić information content (AvgIpc) is 2.86. The summed E-state index contributed by atoms with van der Waals surface area (Å²) < 4.78 is 5.63. The Morgan fingerprint density at radius 1 is 0.457 bits per heavy atom. The molecule has 1 unspecified atom stereocenters. The van der Waals surface area contributed by atoms with E-state index in [2.05, 4.69) is 20.8 Å². The average molecular weight is 495 g/mol. The van der Waals surface area contributed by atoms with Crippen LogP contribution in [0.2, 0.25) is 0 Å². The summed E-state index contributed by atoms with van der Waals surface area (Å²) >= 11 is 0. The van der Waals surface area contributed by atoms with Gasteiger partial charge in [-0.15, -0.1) is 0 Å². The predicted molar refractivity (Wildman–Crippen MR) is 156 cm³/mol. The van der Waals surface area contributed by atoms with Crippen molar-refractivity contribution in [2.75, 3.05) is 6.61 Å². The van der Waals surface area contributed by atoms with Crippen LogP contribution in [0.25, 0.3) is 0 Å². The van der Waals surface area contributed by atoms with Crippen molar-refractivity contribution in [3.05, 3.63) is 0 Å². The SMILES string of the molecule is CCCCCCCCCCCCCCCC(=O)OCCC(CCCCCC)CCCCCCCC. The quantitative estimate of drug-likeness (QED) is 0.0763. The molecule has 0 saturated heterocycles. The first-order valence-corrected chi connectivity index (χ1v) is 16.4. The maximum absolute atomic E-state index is 12.2. The van der Waals surface area contributed by atoms with E-state index in [9.17, 15) is 4.79 Å². The van der Waals surface area contributed by atoms with Crippen molar-refractivity contribution >= 4 is 5.97 Å². The van der Waals surface area contributed by atoms with E-state index in [1.54, 1.807) is 0 Å². The van der Waals surface area contributed by atoms with Gasteiger partial charge in [0.25, 0.3) is 0 Å². The fraction of sp³-hybridized carbons (Fsp3) is 0.970. The van der Waals surface area contributed by atoms with Gasteiger partial charge < -0.3 is 4.74 Å². The first-order valence-electron chi connectivity index (χ1n) is 16.4. The van der Waals surface area contributed by atoms with Gasteiger partial charge in [-0.05, 0) is 18.8 Å². The summed E-state index contributed by atoms with van der Waals surface area (Å²) in [7, 11) is 0. The van der Waals surface area contributed by atoms with Gasteiger partial charge >= 0.3 is 5.97 Å². The van der Waals surface area contributed by atoms with Crippen molar-refractivity contribution in [1.82, 2.24) is 0 Å². The number of ether oxygens (including phenoxy) is 1. The number of hydrogen-bond donors (Lipinski definition) is 0. The van der Waals surface area contributed by atoms with Gasteiger partial charge in [0.2, 0.25) is 0 Å². The maximum Gasteiger partial charge on any atom is 0.305 e. The molecule has 2 heteroatoms. The fourth-order valence-corrected chi connectivity index (χ4v) is 5.20. The van der Waals surface area contributed by atoms with Crippen molar-refractivity contribution in [1.29, 1.82) is 0 Å². The molecule has 0 aliphatic heterocycles. The van der Waals surface area contributed by atoms with E-state index >= 15 is 0 Å². The van der Waals surface area contributed by atoms with Crippen molar-refractivity contribution in [2.45, 2.75) is 194 Å². The lowest BCUT2D eigenvalue weighted by atomic mass is 9.92. The van der Waals surface area contributed by atoms with Crippen molar-refractivity contribution in [3.63, 3.8) is 0 Å². The highest BCUT2D eigenvalue weighted by Crippen LogP contribution is 2.22. The van der Waals surface area contributed by atoms with Crippen LogP contribution in [-0.2, 0) is 9.53 Å². The van der Waals surface area contributed by atoms with Crippen LogP contribution in [0, 0.1) is 5.92 Å². The molecular formula is C33H66O2. The van der Waals surface area contributed by atoms with E-state index in [1.807, 2.05) is 0 Å². The zero-order valence-electron chi connectivity index (χ0n) is 24.7. The molecule has 0 aliphatic rings. The molecule has 0 heterocycles. The molecule has 0 N–H and O–H groups in total. The standard InChI is InChI=1S/C33H66O2/c1-4-7-10-13-15-16-17-18-19-20-21-23-26-29-33(34)35-31-30-32(27-24-12-9-6-3)28-25-22-14-11-8-5-2/h32H,4-31H2,1-3H3. The van der Waals surface area contributed by atoms with E-state index in [-0.39, 0.29) is 5.97 Å². The maximum atomic E-state index is 12.2. The highest BCUT2D eigenvalue weighted by molar-refractivity contribution is 5.69. The van der Waals surface area contributed by atoms with Crippen LogP contribution >= 0.6 is 0 Å². The summed E-state index contributed by atoms with van der Waals surface area (Å²) in [4.78, 5) is 12.2. The number of esters is 1. The molecule has 0 radical (unpaired) electrons. The summed E-state index contributed by atoms with van der Waals surface area (Å²) in [5, 5.41) is 0. The van der Waals surface area contributed by atoms with Crippen molar-refractivity contribution in [3.8, 4) is 0 Å². The highest BCUT2D eigenvalue weighted by Gasteiger charge is 2.11. The lowest BCUT2D eigenvalue weighted by Gasteiger charge is -2.17. The molecule has 2 nitrogen and oxygen atoms in total. The van der Waals surface area contributed by atoms with Gasteiger partial charge in [-0.1, -0.05) is 175 Å². The molecule has 0 spiro atoms. The summed E-state index contributed by atoms with van der Waals surface area (Å²) in [5.74, 6) is 0.791. The Kier molecular flexibility index (Phi) is 29.2. The summed E-state index contributed by atoms with van der Waals surface area (Å²) in [5.41, 5.74) is 0. The zero-order chi connectivity index (χ0) is 25.7. The van der Waals surface area contributed by atoms with Gasteiger partial charge in [0, 0.05) is 6.42 Å². The number of carbonyl (C=O) groups is 1. The van der Waals surface area contributed by atoms with Gasteiger partial charge in [0.15, 0.2) is 0 Å². The third-order valence-corrected chi connectivity index (χ3v) is 7.71. The molecule has 0 aromatic rings. The van der Waals surface area contributed by atoms with Gasteiger partial charge in [-0.3, -0.25) is 4.79 Å². The highest BCUT2D eigenvalue weighted by atomic mass is 16.5. The molecule has 0 bridgehead atoms. The van der Waals surface area contributed by atoms with Crippen LogP contribution in [0.1, 0.15) is 194 Å². The van der Waals surface area contributed by atoms with E-state index in [1.165, 1.54) is 154 Å². The van der Waals surface area contributed by atoms with E-state index in [4.69, 9.17) is 4.74 Å². The monoisotopic (exact) mass is 495 g/mol. The number of rotatable bonds is 29. The first kappa shape index (κ1) is 34.5. The van der Waals surface area contributed by atoms with Gasteiger partial charge in [0.1, 0.15) is 0 Å². The Bertz CT molecular complexity index is 406. The molecule has 0 saturated carbocycles. The van der Waals surface area contributed by atoms with Gasteiger partial charge in [-0.2, -0.15) is 0 Å². The molecule has 0 fully saturated rings. The third kappa shape index (κ3) is 27.9. The Morgan fingerprint density at radius 3 is 1.23 bits per heavy atom. The first-order chi connectivity index (χ1) is 17.2. The van der Waals surface area contributed by atoms with Crippen LogP contribution in [0.15, 0.2) is 0 Å².